The Bertz CT molecular complexity index is 5500. The number of aliphatic hydroxyl groups is 1. The van der Waals surface area contributed by atoms with Crippen LogP contribution < -0.4 is 24.3 Å². The Labute approximate surface area is 906 Å². The molecule has 0 saturated carbocycles. The molecule has 6 aliphatic carbocycles. The molecule has 3 N–H and O–H groups in total. The molecule has 0 amide bonds. The average Bonchev–Trinajstić information content (AvgIpc) is 1.37. The maximum absolute atomic E-state index is 13.7. The van der Waals surface area contributed by atoms with Crippen molar-refractivity contribution in [2.24, 2.45) is 47.7 Å². The summed E-state index contributed by atoms with van der Waals surface area (Å²) < 4.78 is 66.1. The van der Waals surface area contributed by atoms with Crippen LogP contribution in [-0.4, -0.2) is 143 Å². The molecule has 736 valence electrons. The van der Waals surface area contributed by atoms with Crippen LogP contribution in [0.2, 0.25) is 20.1 Å². The third-order valence-electron chi connectivity index (χ3n) is 24.2. The van der Waals surface area contributed by atoms with Crippen molar-refractivity contribution in [2.75, 3.05) is 49.2 Å². The number of rotatable bonds is 13. The number of halogens is 14. The summed E-state index contributed by atoms with van der Waals surface area (Å²) in [5.74, 6) is 3.99. The number of aliphatic imine (C=N–C) groups is 6. The van der Waals surface area contributed by atoms with Crippen molar-refractivity contribution in [3.8, 4) is 17.2 Å². The van der Waals surface area contributed by atoms with Crippen molar-refractivity contribution < 1.29 is 76.0 Å². The monoisotopic (exact) mass is 2410 g/mol. The molecule has 0 aromatic heterocycles. The number of methoxy groups -OCH3 is 6. The zero-order valence-corrected chi connectivity index (χ0v) is 95.5. The Morgan fingerprint density at radius 1 is 0.467 bits per heavy atom. The number of unbranched alkanes of at least 4 members (excludes halogenated alkanes) is 1. The van der Waals surface area contributed by atoms with Crippen LogP contribution in [-0.2, 0) is 130 Å². The minimum absolute atomic E-state index is 0. The number of aliphatic hydroxyl groups excluding tert-OH is 1. The van der Waals surface area contributed by atoms with E-state index in [4.69, 9.17) is 115 Å². The fraction of sp³-hybridized carbons (Fsp3) is 0.452. The smallest absolute Gasteiger partial charge is 0.483 e. The number of hydrogen-bond donors (Lipinski definition) is 3. The van der Waals surface area contributed by atoms with Crippen molar-refractivity contribution in [1.29, 1.82) is 5.26 Å². The third-order valence-corrected chi connectivity index (χ3v) is 30.5. The first kappa shape index (κ1) is 121. The van der Waals surface area contributed by atoms with Crippen molar-refractivity contribution in [2.45, 2.75) is 239 Å². The molecule has 9 aliphatic rings. The van der Waals surface area contributed by atoms with Gasteiger partial charge in [-0.25, -0.2) is 38.7 Å². The number of nitriles is 1. The maximum Gasteiger partial charge on any atom is 1.00 e. The molecule has 0 spiro atoms. The van der Waals surface area contributed by atoms with E-state index in [0.717, 1.165) is 116 Å². The van der Waals surface area contributed by atoms with Gasteiger partial charge < -0.3 is 50.5 Å². The molecule has 17 nitrogen and oxygen atoms in total. The fourth-order valence-electron chi connectivity index (χ4n) is 17.5. The van der Waals surface area contributed by atoms with Gasteiger partial charge in [0.2, 0.25) is 35.4 Å². The number of carbonyl (C=O) groups is 1. The van der Waals surface area contributed by atoms with Gasteiger partial charge in [0.25, 0.3) is 0 Å². The molecule has 0 unspecified atom stereocenters. The van der Waals surface area contributed by atoms with Crippen molar-refractivity contribution in [3.05, 3.63) is 257 Å². The second kappa shape index (κ2) is 60.7. The number of alkyl halides is 1. The molecule has 0 saturated heterocycles. The number of benzene rings is 8. The molecule has 0 fully saturated rings. The van der Waals surface area contributed by atoms with Crippen LogP contribution in [0.5, 0.6) is 0 Å². The Hall–Kier alpha value is -5.05. The van der Waals surface area contributed by atoms with E-state index in [2.05, 4.69) is 219 Å². The summed E-state index contributed by atoms with van der Waals surface area (Å²) in [6, 6.07) is 30.8. The second-order valence-corrected chi connectivity index (χ2v) is 41.4. The van der Waals surface area contributed by atoms with Crippen molar-refractivity contribution in [3.63, 3.8) is 0 Å². The summed E-state index contributed by atoms with van der Waals surface area (Å²) in [4.78, 5) is 38.5. The standard InChI is InChI=1S/C25H27Cl2FN2O2.C19H25BrN2O2.C10H10Br2.C10H11BrO.C10H9BrO.C9H8Br2.C9H16N2O2.C6H4BCl2FO2.C4H9.C2H3N.ClH.Li/c1-13(2)23-25(32-4)29-21(24(30-23)31-3)10-14-8-9-18(17-7-5-6-16(14)17)22-19(26)11-15(28)12-20(22)27;1-11(2)17-19(24-4)21-16(18(22-17)23-3)10-12-8-9-15(20)14-7-5-6-13(12)14;11-6-7-4-5-10(12)9-3-1-2-8(7)9;2*11-10-5-4-7(6-12)8-2-1-3-9(8)10;10-8-4-5-9(11)7-3-1-2-6(7)8;1-6(2)8-9(13-4)10-5-7(11-8)12-3;8-4-1-3(10)2-5(9)6(4)7(11)12;1-3-4-2;1-2-3;;/h8-9,11-13,21,23H,5-7,10H2,1-4H3;8-9,11,16-17H,5-7,10H2,1-4H3;4-5H,1-3,6H2;4-5,12H,1-3,6H2;4-6H,1-3H2;4-5H,1-3H2;6,8H,5H2,1-4H3;1-2,11-12H;1,3-4H2,2H3;1H3;1H;/q;;;;;;;;-1;;;+1/t21-,23+;16-,17+;;;;;8-;;;;;/m00....1...../s1. The van der Waals surface area contributed by atoms with E-state index in [9.17, 15) is 13.6 Å². The number of ether oxygens (including phenoxy) is 6. The Kier molecular flexibility index (Phi) is 53.4. The van der Waals surface area contributed by atoms with Crippen molar-refractivity contribution in [1.82, 2.24) is 0 Å². The van der Waals surface area contributed by atoms with E-state index >= 15 is 0 Å². The van der Waals surface area contributed by atoms with Gasteiger partial charge in [0.15, 0.2) is 0 Å². The summed E-state index contributed by atoms with van der Waals surface area (Å²) in [6.07, 6.45) is 25.6. The van der Waals surface area contributed by atoms with Crippen LogP contribution in [0.3, 0.4) is 0 Å². The average molecular weight is 2420 g/mol. The Morgan fingerprint density at radius 2 is 0.774 bits per heavy atom. The molecule has 3 aliphatic heterocycles. The number of carbonyl (C=O) groups excluding carboxylic acids is 1. The van der Waals surface area contributed by atoms with E-state index in [1.165, 1.54) is 184 Å². The molecule has 0 radical (unpaired) electrons. The van der Waals surface area contributed by atoms with Gasteiger partial charge in [0, 0.05) is 78.6 Å². The zero-order valence-electron chi connectivity index (χ0n) is 80.5. The van der Waals surface area contributed by atoms with Crippen LogP contribution in [0.4, 0.5) is 8.78 Å². The van der Waals surface area contributed by atoms with Gasteiger partial charge in [-0.05, 0) is 289 Å². The predicted octanol–water partition coefficient (Wildman–Crippen LogP) is 24.5. The van der Waals surface area contributed by atoms with Crippen LogP contribution in [0.25, 0.3) is 11.1 Å². The molecule has 8 aromatic carbocycles. The minimum atomic E-state index is -1.79. The van der Waals surface area contributed by atoms with Gasteiger partial charge in [-0.3, -0.25) is 4.79 Å². The van der Waals surface area contributed by atoms with E-state index in [1.807, 2.05) is 30.3 Å². The SMILES string of the molecule is BrCc1ccc(Br)c2c1CCC2.Brc1ccc(Br)c2c1CCC2.CC#N.COC1=N[C@H](C(C)C)C(OC)=NC1.COC1=N[C@H](C(C)C)C(OC)=N[C@H]1Cc1ccc(-c2c(Cl)cc(F)cc2Cl)c2c1CCC2.COC1=N[C@H](C(C)C)C(OC)=N[C@H]1Cc1ccc(Br)c2c1CCC2.Cl.O=Cc1ccc(Br)c2c1CCC2.OB(O)c1c(Cl)cc(F)cc1Cl.OCc1ccc(Br)c2c1CCC2.[CH2-]CCC.[Li+]. The molecular formula is C104H123BBr7Cl5F2LiN7O10. The summed E-state index contributed by atoms with van der Waals surface area (Å²) >= 11 is 48.7. The van der Waals surface area contributed by atoms with Crippen LogP contribution >= 0.6 is 170 Å². The Morgan fingerprint density at radius 3 is 1.13 bits per heavy atom. The van der Waals surface area contributed by atoms with Gasteiger partial charge in [0.05, 0.1) is 65.4 Å². The normalized spacial score (nSPS) is 17.1. The largest absolute Gasteiger partial charge is 1.00 e. The predicted molar refractivity (Wildman–Crippen MR) is 584 cm³/mol. The van der Waals surface area contributed by atoms with Gasteiger partial charge in [0.1, 0.15) is 54.7 Å². The molecule has 8 aromatic rings. The fourth-order valence-corrected chi connectivity index (χ4v) is 22.8. The quantitative estimate of drug-likeness (QED) is 0.0425. The first-order valence-electron chi connectivity index (χ1n) is 45.5. The van der Waals surface area contributed by atoms with Gasteiger partial charge >= 0.3 is 26.0 Å². The topological polar surface area (TPSA) is 231 Å². The van der Waals surface area contributed by atoms with Crippen LogP contribution in [0, 0.1) is 47.6 Å². The summed E-state index contributed by atoms with van der Waals surface area (Å²) in [7, 11) is 8.10. The summed E-state index contributed by atoms with van der Waals surface area (Å²) in [5, 5.41) is 35.3. The van der Waals surface area contributed by atoms with Crippen LogP contribution in [0.15, 0.2) is 154 Å². The van der Waals surface area contributed by atoms with Gasteiger partial charge in [-0.15, -0.1) is 12.4 Å². The third kappa shape index (κ3) is 33.0. The molecule has 17 rings (SSSR count). The second-order valence-electron chi connectivity index (χ2n) is 34.1. The van der Waals surface area contributed by atoms with E-state index in [0.29, 0.717) is 75.8 Å². The zero-order chi connectivity index (χ0) is 99.0. The Balaban J connectivity index is 0.000000245. The first-order chi connectivity index (χ1) is 64.7. The minimum Gasteiger partial charge on any atom is -0.483 e. The molecular weight excluding hydrogens is 2300 g/mol. The first-order valence-corrected chi connectivity index (χ1v) is 52.9. The van der Waals surface area contributed by atoms with Crippen molar-refractivity contribution >= 4 is 225 Å². The number of nitrogens with zero attached hydrogens (tertiary/aromatic N) is 7. The summed E-state index contributed by atoms with van der Waals surface area (Å²) in [6.45, 7) is 20.4. The van der Waals surface area contributed by atoms with E-state index in [-0.39, 0.29) is 89.5 Å². The number of hydrogen-bond acceptors (Lipinski definition) is 17. The van der Waals surface area contributed by atoms with Gasteiger partial charge in [-0.2, -0.15) is 11.7 Å². The summed E-state index contributed by atoms with van der Waals surface area (Å²) in [5.41, 5.74) is 24.5. The molecule has 5 atom stereocenters. The number of aldehydes is 1. The van der Waals surface area contributed by atoms with Crippen LogP contribution in [0.1, 0.15) is 206 Å². The maximum atomic E-state index is 13.7. The van der Waals surface area contributed by atoms with Gasteiger partial charge in [-0.1, -0.05) is 249 Å². The molecule has 33 heteroatoms. The number of fused-ring (bicyclic) bond motifs is 6. The molecule has 0 bridgehead atoms. The van der Waals surface area contributed by atoms with E-state index < -0.39 is 18.8 Å². The van der Waals surface area contributed by atoms with E-state index in [1.54, 1.807) is 54.3 Å². The molecule has 3 heterocycles. The molecule has 137 heavy (non-hydrogen) atoms.